The summed E-state index contributed by atoms with van der Waals surface area (Å²) in [5.74, 6) is -0.0650. The van der Waals surface area contributed by atoms with E-state index in [-0.39, 0.29) is 10.8 Å². The fourth-order valence-electron chi connectivity index (χ4n) is 1.15. The number of phenolic OH excluding ortho intramolecular Hbond substituents is 1. The molecule has 0 aliphatic rings. The smallest absolute Gasteiger partial charge is 0.162 e. The minimum Gasteiger partial charge on any atom is -0.504 e. The third-order valence-corrected chi connectivity index (χ3v) is 2.54. The van der Waals surface area contributed by atoms with Crippen LogP contribution in [0.25, 0.3) is 10.9 Å². The third-order valence-electron chi connectivity index (χ3n) is 1.76. The zero-order chi connectivity index (χ0) is 9.42. The van der Waals surface area contributed by atoms with Crippen molar-refractivity contribution in [1.82, 2.24) is 4.98 Å². The summed E-state index contributed by atoms with van der Waals surface area (Å²) in [6, 6.07) is 5.25. The van der Waals surface area contributed by atoms with Gasteiger partial charge >= 0.3 is 0 Å². The van der Waals surface area contributed by atoms with Gasteiger partial charge in [-0.2, -0.15) is 0 Å². The van der Waals surface area contributed by atoms with Crippen LogP contribution in [0.4, 0.5) is 0 Å². The lowest BCUT2D eigenvalue weighted by atomic mass is 10.2. The van der Waals surface area contributed by atoms with E-state index >= 15 is 0 Å². The van der Waals surface area contributed by atoms with Gasteiger partial charge in [0.05, 0.1) is 5.02 Å². The standard InChI is InChI=1S/C9H5Cl2NO/c10-6-4-5-2-1-3-12-8(5)9(13)7(6)11/h1-4,13H. The maximum Gasteiger partial charge on any atom is 0.162 e. The minimum absolute atomic E-state index is 0.0650. The number of phenols is 1. The summed E-state index contributed by atoms with van der Waals surface area (Å²) in [6.07, 6.45) is 1.59. The molecule has 1 aromatic carbocycles. The quantitative estimate of drug-likeness (QED) is 0.730. The summed E-state index contributed by atoms with van der Waals surface area (Å²) in [5.41, 5.74) is 0.469. The first-order valence-electron chi connectivity index (χ1n) is 3.62. The number of pyridine rings is 1. The zero-order valence-corrected chi connectivity index (χ0v) is 7.97. The van der Waals surface area contributed by atoms with Gasteiger partial charge in [-0.1, -0.05) is 29.3 Å². The average molecular weight is 214 g/mol. The molecule has 2 rings (SSSR count). The van der Waals surface area contributed by atoms with Gasteiger partial charge in [0, 0.05) is 11.6 Å². The van der Waals surface area contributed by atoms with E-state index in [4.69, 9.17) is 23.2 Å². The highest BCUT2D eigenvalue weighted by Crippen LogP contribution is 2.36. The van der Waals surface area contributed by atoms with Gasteiger partial charge in [0.2, 0.25) is 0 Å². The zero-order valence-electron chi connectivity index (χ0n) is 6.46. The van der Waals surface area contributed by atoms with E-state index in [1.807, 2.05) is 6.07 Å². The van der Waals surface area contributed by atoms with Crippen molar-refractivity contribution in [2.24, 2.45) is 0 Å². The highest BCUT2D eigenvalue weighted by atomic mass is 35.5. The molecule has 0 amide bonds. The Kier molecular flexibility index (Phi) is 2.02. The number of halogens is 2. The Balaban J connectivity index is 2.94. The molecule has 2 nitrogen and oxygen atoms in total. The molecule has 0 aliphatic carbocycles. The van der Waals surface area contributed by atoms with E-state index in [1.54, 1.807) is 18.3 Å². The van der Waals surface area contributed by atoms with Crippen LogP contribution in [0.15, 0.2) is 24.4 Å². The summed E-state index contributed by atoms with van der Waals surface area (Å²) >= 11 is 11.5. The van der Waals surface area contributed by atoms with Crippen molar-refractivity contribution in [3.05, 3.63) is 34.4 Å². The van der Waals surface area contributed by atoms with Crippen LogP contribution in [-0.4, -0.2) is 10.1 Å². The SMILES string of the molecule is Oc1c(Cl)c(Cl)cc2cccnc12. The first-order chi connectivity index (χ1) is 6.20. The van der Waals surface area contributed by atoms with E-state index < -0.39 is 0 Å². The second kappa shape index (κ2) is 3.05. The molecule has 0 saturated carbocycles. The summed E-state index contributed by atoms with van der Waals surface area (Å²) in [4.78, 5) is 3.99. The van der Waals surface area contributed by atoms with Crippen LogP contribution in [0.5, 0.6) is 5.75 Å². The molecular weight excluding hydrogens is 209 g/mol. The van der Waals surface area contributed by atoms with Crippen molar-refractivity contribution >= 4 is 34.1 Å². The molecule has 66 valence electrons. The monoisotopic (exact) mass is 213 g/mol. The predicted molar refractivity (Wildman–Crippen MR) is 53.4 cm³/mol. The Morgan fingerprint density at radius 2 is 2.08 bits per heavy atom. The van der Waals surface area contributed by atoms with Crippen LogP contribution in [0.2, 0.25) is 10.0 Å². The van der Waals surface area contributed by atoms with Crippen molar-refractivity contribution in [2.75, 3.05) is 0 Å². The number of hydrogen-bond donors (Lipinski definition) is 1. The average Bonchev–Trinajstić information content (AvgIpc) is 2.15. The molecule has 1 aromatic heterocycles. The molecule has 0 fully saturated rings. The maximum absolute atomic E-state index is 9.56. The molecule has 0 unspecified atom stereocenters. The Labute approximate surface area is 84.7 Å². The van der Waals surface area contributed by atoms with Crippen LogP contribution in [0, 0.1) is 0 Å². The molecule has 0 spiro atoms. The van der Waals surface area contributed by atoms with Crippen molar-refractivity contribution < 1.29 is 5.11 Å². The summed E-state index contributed by atoms with van der Waals surface area (Å²) < 4.78 is 0. The third kappa shape index (κ3) is 1.32. The van der Waals surface area contributed by atoms with Gasteiger partial charge in [-0.15, -0.1) is 0 Å². The number of rotatable bonds is 0. The fraction of sp³-hybridized carbons (Fsp3) is 0. The predicted octanol–water partition coefficient (Wildman–Crippen LogP) is 3.25. The number of hydrogen-bond acceptors (Lipinski definition) is 2. The molecular formula is C9H5Cl2NO. The second-order valence-corrected chi connectivity index (χ2v) is 3.38. The number of aromatic nitrogens is 1. The van der Waals surface area contributed by atoms with Crippen LogP contribution in [0.1, 0.15) is 0 Å². The van der Waals surface area contributed by atoms with Crippen LogP contribution < -0.4 is 0 Å². The number of aromatic hydroxyl groups is 1. The minimum atomic E-state index is -0.0650. The van der Waals surface area contributed by atoms with Crippen molar-refractivity contribution in [3.8, 4) is 5.75 Å². The molecule has 13 heavy (non-hydrogen) atoms. The number of benzene rings is 1. The summed E-state index contributed by atoms with van der Waals surface area (Å²) in [6.45, 7) is 0. The molecule has 0 bridgehead atoms. The summed E-state index contributed by atoms with van der Waals surface area (Å²) in [7, 11) is 0. The topological polar surface area (TPSA) is 33.1 Å². The molecule has 0 saturated heterocycles. The molecule has 0 aliphatic heterocycles. The van der Waals surface area contributed by atoms with Gasteiger partial charge in [0.15, 0.2) is 5.75 Å². The van der Waals surface area contributed by atoms with Gasteiger partial charge in [0.1, 0.15) is 10.5 Å². The first kappa shape index (κ1) is 8.60. The van der Waals surface area contributed by atoms with Crippen LogP contribution >= 0.6 is 23.2 Å². The van der Waals surface area contributed by atoms with Crippen LogP contribution in [0.3, 0.4) is 0 Å². The van der Waals surface area contributed by atoms with E-state index in [1.165, 1.54) is 0 Å². The molecule has 2 aromatic rings. The lowest BCUT2D eigenvalue weighted by Crippen LogP contribution is -1.80. The van der Waals surface area contributed by atoms with E-state index in [2.05, 4.69) is 4.98 Å². The van der Waals surface area contributed by atoms with Gasteiger partial charge in [0.25, 0.3) is 0 Å². The van der Waals surface area contributed by atoms with Gasteiger partial charge in [-0.05, 0) is 12.1 Å². The first-order valence-corrected chi connectivity index (χ1v) is 4.37. The van der Waals surface area contributed by atoms with Crippen LogP contribution in [-0.2, 0) is 0 Å². The van der Waals surface area contributed by atoms with Crippen molar-refractivity contribution in [1.29, 1.82) is 0 Å². The highest BCUT2D eigenvalue weighted by molar-refractivity contribution is 6.44. The van der Waals surface area contributed by atoms with Gasteiger partial charge < -0.3 is 5.11 Å². The summed E-state index contributed by atoms with van der Waals surface area (Å²) in [5, 5.41) is 10.8. The number of fused-ring (bicyclic) bond motifs is 1. The maximum atomic E-state index is 9.56. The van der Waals surface area contributed by atoms with E-state index in [0.29, 0.717) is 10.5 Å². The highest BCUT2D eigenvalue weighted by Gasteiger charge is 2.09. The fourth-order valence-corrected chi connectivity index (χ4v) is 1.50. The largest absolute Gasteiger partial charge is 0.504 e. The Bertz CT molecular complexity index is 470. The number of nitrogens with zero attached hydrogens (tertiary/aromatic N) is 1. The normalized spacial score (nSPS) is 10.6. The Morgan fingerprint density at radius 3 is 2.85 bits per heavy atom. The van der Waals surface area contributed by atoms with Gasteiger partial charge in [-0.3, -0.25) is 4.98 Å². The molecule has 0 radical (unpaired) electrons. The van der Waals surface area contributed by atoms with Crippen molar-refractivity contribution in [2.45, 2.75) is 0 Å². The lowest BCUT2D eigenvalue weighted by Gasteiger charge is -2.03. The second-order valence-electron chi connectivity index (χ2n) is 2.60. The van der Waals surface area contributed by atoms with E-state index in [0.717, 1.165) is 5.39 Å². The van der Waals surface area contributed by atoms with Gasteiger partial charge in [-0.25, -0.2) is 0 Å². The Hall–Kier alpha value is -0.990. The molecule has 0 atom stereocenters. The molecule has 1 heterocycles. The molecule has 4 heteroatoms. The molecule has 1 N–H and O–H groups in total. The van der Waals surface area contributed by atoms with Crippen molar-refractivity contribution in [3.63, 3.8) is 0 Å². The Morgan fingerprint density at radius 1 is 1.31 bits per heavy atom. The van der Waals surface area contributed by atoms with E-state index in [9.17, 15) is 5.11 Å². The lowest BCUT2D eigenvalue weighted by molar-refractivity contribution is 0.480.